The van der Waals surface area contributed by atoms with Crippen molar-refractivity contribution in [2.24, 2.45) is 0 Å². The van der Waals surface area contributed by atoms with Crippen LogP contribution < -0.4 is 10.0 Å². The molecule has 3 aromatic carbocycles. The SMILES string of the molecule is Cc1cccc(C)c1NC(=O)CNS(=O)(=O)c1ccc2ccccc2c1. The number of rotatable bonds is 5. The number of carbonyl (C=O) groups is 1. The molecule has 0 radical (unpaired) electrons. The van der Waals surface area contributed by atoms with Crippen LogP contribution in [-0.4, -0.2) is 20.9 Å². The molecule has 1 amide bonds. The normalized spacial score (nSPS) is 11.5. The lowest BCUT2D eigenvalue weighted by atomic mass is 10.1. The van der Waals surface area contributed by atoms with Crippen molar-refractivity contribution in [1.29, 1.82) is 0 Å². The van der Waals surface area contributed by atoms with Crippen LogP contribution in [0.15, 0.2) is 65.6 Å². The average molecular weight is 368 g/mol. The van der Waals surface area contributed by atoms with Gasteiger partial charge in [-0.1, -0.05) is 48.5 Å². The summed E-state index contributed by atoms with van der Waals surface area (Å²) in [5, 5.41) is 4.55. The predicted molar refractivity (Wildman–Crippen MR) is 104 cm³/mol. The Morgan fingerprint density at radius 3 is 2.23 bits per heavy atom. The first-order valence-electron chi connectivity index (χ1n) is 8.21. The van der Waals surface area contributed by atoms with Crippen molar-refractivity contribution < 1.29 is 13.2 Å². The molecule has 3 rings (SSSR count). The quantitative estimate of drug-likeness (QED) is 0.725. The molecule has 0 saturated heterocycles. The molecule has 0 aliphatic rings. The van der Waals surface area contributed by atoms with Gasteiger partial charge in [0.1, 0.15) is 0 Å². The first-order chi connectivity index (χ1) is 12.4. The van der Waals surface area contributed by atoms with Crippen molar-refractivity contribution >= 4 is 32.4 Å². The van der Waals surface area contributed by atoms with E-state index in [9.17, 15) is 13.2 Å². The van der Waals surface area contributed by atoms with E-state index in [1.165, 1.54) is 6.07 Å². The molecule has 0 fully saturated rings. The Balaban J connectivity index is 1.72. The summed E-state index contributed by atoms with van der Waals surface area (Å²) in [7, 11) is -3.77. The lowest BCUT2D eigenvalue weighted by molar-refractivity contribution is -0.115. The van der Waals surface area contributed by atoms with Gasteiger partial charge >= 0.3 is 0 Å². The van der Waals surface area contributed by atoms with Crippen LogP contribution in [0.25, 0.3) is 10.8 Å². The van der Waals surface area contributed by atoms with E-state index < -0.39 is 15.9 Å². The number of anilines is 1. The third-order valence-electron chi connectivity index (χ3n) is 4.20. The van der Waals surface area contributed by atoms with Crippen LogP contribution in [-0.2, 0) is 14.8 Å². The third kappa shape index (κ3) is 3.92. The lowest BCUT2D eigenvalue weighted by Gasteiger charge is -2.12. The second-order valence-corrected chi connectivity index (χ2v) is 7.92. The Kier molecular flexibility index (Phi) is 5.06. The lowest BCUT2D eigenvalue weighted by Crippen LogP contribution is -2.33. The predicted octanol–water partition coefficient (Wildman–Crippen LogP) is 3.37. The van der Waals surface area contributed by atoms with Gasteiger partial charge in [-0.3, -0.25) is 4.79 Å². The van der Waals surface area contributed by atoms with Crippen molar-refractivity contribution in [3.8, 4) is 0 Å². The molecule has 0 atom stereocenters. The zero-order valence-corrected chi connectivity index (χ0v) is 15.4. The minimum Gasteiger partial charge on any atom is -0.324 e. The molecule has 2 N–H and O–H groups in total. The van der Waals surface area contributed by atoms with Crippen LogP contribution in [0.5, 0.6) is 0 Å². The van der Waals surface area contributed by atoms with E-state index in [4.69, 9.17) is 0 Å². The fraction of sp³-hybridized carbons (Fsp3) is 0.150. The zero-order valence-electron chi connectivity index (χ0n) is 14.6. The standard InChI is InChI=1S/C20H20N2O3S/c1-14-6-5-7-15(2)20(14)22-19(23)13-21-26(24,25)18-11-10-16-8-3-4-9-17(16)12-18/h3-12,21H,13H2,1-2H3,(H,22,23). The Bertz CT molecular complexity index is 1060. The summed E-state index contributed by atoms with van der Waals surface area (Å²) in [5.41, 5.74) is 2.56. The van der Waals surface area contributed by atoms with Crippen molar-refractivity contribution in [1.82, 2.24) is 4.72 Å². The Labute approximate surface area is 153 Å². The van der Waals surface area contributed by atoms with Crippen LogP contribution in [0.2, 0.25) is 0 Å². The molecule has 0 heterocycles. The molecule has 0 spiro atoms. The van der Waals surface area contributed by atoms with E-state index in [1.807, 2.05) is 56.3 Å². The number of amides is 1. The molecule has 0 saturated carbocycles. The average Bonchev–Trinajstić information content (AvgIpc) is 2.63. The molecule has 3 aromatic rings. The highest BCUT2D eigenvalue weighted by atomic mass is 32.2. The fourth-order valence-electron chi connectivity index (χ4n) is 2.77. The number of sulfonamides is 1. The molecule has 0 aliphatic carbocycles. The molecule has 0 aromatic heterocycles. The van der Waals surface area contributed by atoms with Gasteiger partial charge in [0.15, 0.2) is 0 Å². The molecular weight excluding hydrogens is 348 g/mol. The van der Waals surface area contributed by atoms with Crippen molar-refractivity contribution in [2.45, 2.75) is 18.7 Å². The minimum absolute atomic E-state index is 0.135. The molecule has 0 unspecified atom stereocenters. The maximum absolute atomic E-state index is 12.5. The number of aryl methyl sites for hydroxylation is 2. The second kappa shape index (κ2) is 7.27. The van der Waals surface area contributed by atoms with E-state index in [0.717, 1.165) is 21.9 Å². The van der Waals surface area contributed by atoms with Gasteiger partial charge in [0.05, 0.1) is 11.4 Å². The van der Waals surface area contributed by atoms with Crippen molar-refractivity contribution in [2.75, 3.05) is 11.9 Å². The number of benzene rings is 3. The summed E-state index contributed by atoms with van der Waals surface area (Å²) in [5.74, 6) is -0.410. The molecule has 5 nitrogen and oxygen atoms in total. The molecule has 26 heavy (non-hydrogen) atoms. The fourth-order valence-corrected chi connectivity index (χ4v) is 3.79. The Morgan fingerprint density at radius 1 is 0.885 bits per heavy atom. The van der Waals surface area contributed by atoms with Gasteiger partial charge in [-0.2, -0.15) is 0 Å². The van der Waals surface area contributed by atoms with Crippen LogP contribution in [0.1, 0.15) is 11.1 Å². The summed E-state index contributed by atoms with van der Waals surface area (Å²) in [6, 6.07) is 18.1. The van der Waals surface area contributed by atoms with E-state index in [1.54, 1.807) is 12.1 Å². The molecule has 0 bridgehead atoms. The van der Waals surface area contributed by atoms with Crippen LogP contribution in [0, 0.1) is 13.8 Å². The zero-order chi connectivity index (χ0) is 18.7. The minimum atomic E-state index is -3.77. The van der Waals surface area contributed by atoms with Gasteiger partial charge in [-0.15, -0.1) is 0 Å². The number of hydrogen-bond acceptors (Lipinski definition) is 3. The highest BCUT2D eigenvalue weighted by Gasteiger charge is 2.16. The monoisotopic (exact) mass is 368 g/mol. The van der Waals surface area contributed by atoms with Gasteiger partial charge < -0.3 is 5.32 Å². The largest absolute Gasteiger partial charge is 0.324 e. The highest BCUT2D eigenvalue weighted by molar-refractivity contribution is 7.89. The van der Waals surface area contributed by atoms with Gasteiger partial charge in [-0.25, -0.2) is 13.1 Å². The number of carbonyl (C=O) groups excluding carboxylic acids is 1. The van der Waals surface area contributed by atoms with Crippen molar-refractivity contribution in [3.05, 3.63) is 71.8 Å². The molecule has 0 aliphatic heterocycles. The second-order valence-electron chi connectivity index (χ2n) is 6.15. The van der Waals surface area contributed by atoms with E-state index in [2.05, 4.69) is 10.0 Å². The number of hydrogen-bond donors (Lipinski definition) is 2. The summed E-state index contributed by atoms with van der Waals surface area (Å²) in [4.78, 5) is 12.3. The molecular formula is C20H20N2O3S. The third-order valence-corrected chi connectivity index (χ3v) is 5.60. The maximum Gasteiger partial charge on any atom is 0.241 e. The van der Waals surface area contributed by atoms with E-state index >= 15 is 0 Å². The van der Waals surface area contributed by atoms with E-state index in [0.29, 0.717) is 5.69 Å². The Hall–Kier alpha value is -2.70. The van der Waals surface area contributed by atoms with Crippen LogP contribution in [0.4, 0.5) is 5.69 Å². The topological polar surface area (TPSA) is 75.3 Å². The summed E-state index contributed by atoms with van der Waals surface area (Å²) >= 11 is 0. The number of nitrogens with one attached hydrogen (secondary N) is 2. The Morgan fingerprint density at radius 2 is 1.54 bits per heavy atom. The number of fused-ring (bicyclic) bond motifs is 1. The van der Waals surface area contributed by atoms with Gasteiger partial charge in [-0.05, 0) is 47.9 Å². The highest BCUT2D eigenvalue weighted by Crippen LogP contribution is 2.20. The summed E-state index contributed by atoms with van der Waals surface area (Å²) in [6.45, 7) is 3.45. The van der Waals surface area contributed by atoms with Crippen LogP contribution in [0.3, 0.4) is 0 Å². The first kappa shape index (κ1) is 18.1. The number of para-hydroxylation sites is 1. The maximum atomic E-state index is 12.5. The van der Waals surface area contributed by atoms with Crippen LogP contribution >= 0.6 is 0 Å². The summed E-state index contributed by atoms with van der Waals surface area (Å²) in [6.07, 6.45) is 0. The molecule has 6 heteroatoms. The van der Waals surface area contributed by atoms with E-state index in [-0.39, 0.29) is 11.4 Å². The van der Waals surface area contributed by atoms with Gasteiger partial charge in [0.2, 0.25) is 15.9 Å². The van der Waals surface area contributed by atoms with Gasteiger partial charge in [0.25, 0.3) is 0 Å². The first-order valence-corrected chi connectivity index (χ1v) is 9.70. The van der Waals surface area contributed by atoms with Gasteiger partial charge in [0, 0.05) is 5.69 Å². The smallest absolute Gasteiger partial charge is 0.241 e. The van der Waals surface area contributed by atoms with Crippen molar-refractivity contribution in [3.63, 3.8) is 0 Å². The summed E-state index contributed by atoms with van der Waals surface area (Å²) < 4.78 is 27.3. The molecule has 134 valence electrons.